The van der Waals surface area contributed by atoms with Crippen molar-refractivity contribution in [1.82, 2.24) is 0 Å². The van der Waals surface area contributed by atoms with Crippen LogP contribution in [0.1, 0.15) is 68.7 Å². The Hall–Kier alpha value is -2.60. The molecule has 1 aliphatic rings. The van der Waals surface area contributed by atoms with E-state index in [-0.39, 0.29) is 11.4 Å². The Balaban J connectivity index is 2.09. The Bertz CT molecular complexity index is 932. The SMILES string of the molecule is CCCN1c2cc(C)c(/C=C(\C#N)c3ccc(F)cc3)cc2C(C)CC1(C)C. The van der Waals surface area contributed by atoms with Crippen LogP contribution in [0.4, 0.5) is 10.1 Å². The fourth-order valence-corrected chi connectivity index (χ4v) is 4.42. The predicted molar refractivity (Wildman–Crippen MR) is 116 cm³/mol. The highest BCUT2D eigenvalue weighted by atomic mass is 19.1. The second-order valence-electron chi connectivity index (χ2n) is 8.51. The first kappa shape index (κ1) is 20.1. The smallest absolute Gasteiger partial charge is 0.123 e. The molecule has 0 amide bonds. The highest BCUT2D eigenvalue weighted by molar-refractivity contribution is 5.90. The van der Waals surface area contributed by atoms with Crippen LogP contribution < -0.4 is 4.90 Å². The molecule has 0 saturated heterocycles. The maximum Gasteiger partial charge on any atom is 0.123 e. The minimum absolute atomic E-state index is 0.137. The van der Waals surface area contributed by atoms with Crippen molar-refractivity contribution in [3.05, 3.63) is 64.5 Å². The number of benzene rings is 2. The molecule has 3 rings (SSSR count). The average molecular weight is 377 g/mol. The van der Waals surface area contributed by atoms with Gasteiger partial charge < -0.3 is 4.90 Å². The molecule has 3 heteroatoms. The quantitative estimate of drug-likeness (QED) is 0.438. The number of rotatable bonds is 4. The van der Waals surface area contributed by atoms with E-state index in [0.717, 1.165) is 36.1 Å². The summed E-state index contributed by atoms with van der Waals surface area (Å²) in [7, 11) is 0. The molecule has 0 bridgehead atoms. The van der Waals surface area contributed by atoms with E-state index in [1.807, 2.05) is 6.08 Å². The van der Waals surface area contributed by atoms with Crippen molar-refractivity contribution in [3.63, 3.8) is 0 Å². The lowest BCUT2D eigenvalue weighted by atomic mass is 9.78. The molecule has 0 spiro atoms. The highest BCUT2D eigenvalue weighted by Crippen LogP contribution is 2.44. The summed E-state index contributed by atoms with van der Waals surface area (Å²) >= 11 is 0. The zero-order chi connectivity index (χ0) is 20.5. The Morgan fingerprint density at radius 1 is 1.29 bits per heavy atom. The van der Waals surface area contributed by atoms with Gasteiger partial charge in [0.2, 0.25) is 0 Å². The molecule has 1 unspecified atom stereocenters. The van der Waals surface area contributed by atoms with E-state index in [2.05, 4.69) is 57.7 Å². The molecule has 1 heterocycles. The zero-order valence-corrected chi connectivity index (χ0v) is 17.5. The van der Waals surface area contributed by atoms with Crippen LogP contribution in [0.2, 0.25) is 0 Å². The van der Waals surface area contributed by atoms with Crippen molar-refractivity contribution in [1.29, 1.82) is 5.26 Å². The number of aryl methyl sites for hydroxylation is 1. The normalized spacial score (nSPS) is 18.5. The lowest BCUT2D eigenvalue weighted by Gasteiger charge is -2.48. The lowest BCUT2D eigenvalue weighted by molar-refractivity contribution is 0.376. The van der Waals surface area contributed by atoms with E-state index in [9.17, 15) is 9.65 Å². The third kappa shape index (κ3) is 3.83. The van der Waals surface area contributed by atoms with Gasteiger partial charge in [-0.3, -0.25) is 0 Å². The summed E-state index contributed by atoms with van der Waals surface area (Å²) in [6.45, 7) is 12.3. The van der Waals surface area contributed by atoms with Crippen molar-refractivity contribution in [2.75, 3.05) is 11.4 Å². The molecule has 2 aromatic carbocycles. The molecule has 1 atom stereocenters. The number of nitrogens with zero attached hydrogens (tertiary/aromatic N) is 2. The maximum absolute atomic E-state index is 13.2. The van der Waals surface area contributed by atoms with Crippen molar-refractivity contribution in [2.24, 2.45) is 0 Å². The molecule has 2 nitrogen and oxygen atoms in total. The molecule has 0 aliphatic carbocycles. The number of hydrogen-bond donors (Lipinski definition) is 0. The van der Waals surface area contributed by atoms with Crippen molar-refractivity contribution >= 4 is 17.3 Å². The summed E-state index contributed by atoms with van der Waals surface area (Å²) in [6, 6.07) is 12.9. The molecule has 146 valence electrons. The van der Waals surface area contributed by atoms with E-state index in [0.29, 0.717) is 11.5 Å². The Morgan fingerprint density at radius 3 is 2.57 bits per heavy atom. The first-order valence-electron chi connectivity index (χ1n) is 10.1. The van der Waals surface area contributed by atoms with E-state index in [1.165, 1.54) is 23.4 Å². The highest BCUT2D eigenvalue weighted by Gasteiger charge is 2.36. The average Bonchev–Trinajstić information content (AvgIpc) is 2.64. The predicted octanol–water partition coefficient (Wildman–Crippen LogP) is 6.70. The van der Waals surface area contributed by atoms with Gasteiger partial charge in [0.05, 0.1) is 11.6 Å². The van der Waals surface area contributed by atoms with Crippen LogP contribution in [0.25, 0.3) is 11.6 Å². The fraction of sp³-hybridized carbons (Fsp3) is 0.400. The van der Waals surface area contributed by atoms with Gasteiger partial charge in [0.15, 0.2) is 0 Å². The molecular weight excluding hydrogens is 347 g/mol. The molecule has 0 N–H and O–H groups in total. The largest absolute Gasteiger partial charge is 0.366 e. The minimum Gasteiger partial charge on any atom is -0.366 e. The summed E-state index contributed by atoms with van der Waals surface area (Å²) in [4.78, 5) is 2.54. The van der Waals surface area contributed by atoms with Gasteiger partial charge in [-0.05, 0) is 92.1 Å². The van der Waals surface area contributed by atoms with E-state index in [1.54, 1.807) is 12.1 Å². The van der Waals surface area contributed by atoms with Gasteiger partial charge in [-0.25, -0.2) is 4.39 Å². The second kappa shape index (κ2) is 7.80. The lowest BCUT2D eigenvalue weighted by Crippen LogP contribution is -2.48. The number of nitriles is 1. The monoisotopic (exact) mass is 376 g/mol. The topological polar surface area (TPSA) is 27.0 Å². The minimum atomic E-state index is -0.293. The van der Waals surface area contributed by atoms with E-state index in [4.69, 9.17) is 0 Å². The van der Waals surface area contributed by atoms with Gasteiger partial charge in [-0.1, -0.05) is 26.0 Å². The number of anilines is 1. The van der Waals surface area contributed by atoms with Crippen molar-refractivity contribution < 1.29 is 4.39 Å². The molecule has 0 aromatic heterocycles. The van der Waals surface area contributed by atoms with Crippen LogP contribution in [0.5, 0.6) is 0 Å². The van der Waals surface area contributed by atoms with Crippen LogP contribution in [0.15, 0.2) is 36.4 Å². The molecule has 1 aliphatic heterocycles. The van der Waals surface area contributed by atoms with Gasteiger partial charge in [0.25, 0.3) is 0 Å². The summed E-state index contributed by atoms with van der Waals surface area (Å²) in [6.07, 6.45) is 4.15. The molecule has 0 radical (unpaired) electrons. The van der Waals surface area contributed by atoms with Gasteiger partial charge in [-0.15, -0.1) is 0 Å². The van der Waals surface area contributed by atoms with Crippen molar-refractivity contribution in [3.8, 4) is 6.07 Å². The molecule has 2 aromatic rings. The van der Waals surface area contributed by atoms with E-state index >= 15 is 0 Å². The number of allylic oxidation sites excluding steroid dienone is 1. The molecule has 0 fully saturated rings. The van der Waals surface area contributed by atoms with Gasteiger partial charge in [0, 0.05) is 17.8 Å². The number of fused-ring (bicyclic) bond motifs is 1. The molecule has 0 saturated carbocycles. The van der Waals surface area contributed by atoms with Crippen LogP contribution in [-0.2, 0) is 0 Å². The van der Waals surface area contributed by atoms with Gasteiger partial charge in [0.1, 0.15) is 5.82 Å². The van der Waals surface area contributed by atoms with E-state index < -0.39 is 0 Å². The summed E-state index contributed by atoms with van der Waals surface area (Å²) in [5.74, 6) is 0.167. The van der Waals surface area contributed by atoms with Crippen LogP contribution in [0.3, 0.4) is 0 Å². The standard InChI is InChI=1S/C25H29FN2/c1-6-11-28-24-12-17(2)20(14-23(24)18(3)15-25(28,4)5)13-21(16-27)19-7-9-22(26)10-8-19/h7-10,12-14,18H,6,11,15H2,1-5H3/b21-13+. The number of halogens is 1. The van der Waals surface area contributed by atoms with Crippen LogP contribution in [-0.4, -0.2) is 12.1 Å². The zero-order valence-electron chi connectivity index (χ0n) is 17.5. The van der Waals surface area contributed by atoms with Gasteiger partial charge in [-0.2, -0.15) is 5.26 Å². The van der Waals surface area contributed by atoms with Crippen molar-refractivity contribution in [2.45, 2.75) is 58.9 Å². The second-order valence-corrected chi connectivity index (χ2v) is 8.51. The maximum atomic E-state index is 13.2. The first-order chi connectivity index (χ1) is 13.3. The Labute approximate surface area is 168 Å². The summed E-state index contributed by atoms with van der Waals surface area (Å²) in [5, 5.41) is 9.65. The Morgan fingerprint density at radius 2 is 1.96 bits per heavy atom. The third-order valence-electron chi connectivity index (χ3n) is 5.80. The van der Waals surface area contributed by atoms with Crippen LogP contribution in [0, 0.1) is 24.1 Å². The van der Waals surface area contributed by atoms with Gasteiger partial charge >= 0.3 is 0 Å². The summed E-state index contributed by atoms with van der Waals surface area (Å²) < 4.78 is 13.2. The first-order valence-corrected chi connectivity index (χ1v) is 10.1. The fourth-order valence-electron chi connectivity index (χ4n) is 4.42. The Kier molecular flexibility index (Phi) is 5.61. The molecular formula is C25H29FN2. The third-order valence-corrected chi connectivity index (χ3v) is 5.80. The number of hydrogen-bond acceptors (Lipinski definition) is 2. The van der Waals surface area contributed by atoms with Crippen LogP contribution >= 0.6 is 0 Å². The molecule has 28 heavy (non-hydrogen) atoms. The summed E-state index contributed by atoms with van der Waals surface area (Å²) in [5.41, 5.74) is 6.31.